The van der Waals surface area contributed by atoms with E-state index in [0.717, 1.165) is 19.3 Å². The molecule has 0 radical (unpaired) electrons. The average Bonchev–Trinajstić information content (AvgIpc) is 2.88. The largest absolute Gasteiger partial charge is 0.391 e. The summed E-state index contributed by atoms with van der Waals surface area (Å²) in [5.74, 6) is 0. The Bertz CT molecular complexity index is 506. The lowest BCUT2D eigenvalue weighted by atomic mass is 10.1. The number of aliphatic hydroxyl groups is 1. The van der Waals surface area contributed by atoms with Crippen molar-refractivity contribution in [1.82, 2.24) is 4.31 Å². The molecule has 0 aromatic carbocycles. The molecule has 0 aliphatic carbocycles. The second-order valence-electron chi connectivity index (χ2n) is 4.64. The summed E-state index contributed by atoms with van der Waals surface area (Å²) >= 11 is 1.25. The zero-order valence-corrected chi connectivity index (χ0v) is 12.5. The molecule has 1 N–H and O–H groups in total. The van der Waals surface area contributed by atoms with Crippen LogP contribution in [0.5, 0.6) is 0 Å². The lowest BCUT2D eigenvalue weighted by molar-refractivity contribution is 0.00858. The molecule has 1 aromatic heterocycles. The fourth-order valence-corrected chi connectivity index (χ4v) is 4.64. The van der Waals surface area contributed by atoms with Crippen molar-refractivity contribution in [2.45, 2.75) is 36.9 Å². The third kappa shape index (κ3) is 3.35. The first-order valence-corrected chi connectivity index (χ1v) is 8.63. The number of rotatable bonds is 5. The topological polar surface area (TPSA) is 66.8 Å². The Labute approximate surface area is 117 Å². The highest BCUT2D eigenvalue weighted by molar-refractivity contribution is 7.89. The summed E-state index contributed by atoms with van der Waals surface area (Å²) in [6.45, 7) is 0.821. The third-order valence-electron chi connectivity index (χ3n) is 3.27. The monoisotopic (exact) mass is 305 g/mol. The van der Waals surface area contributed by atoms with Crippen molar-refractivity contribution in [2.24, 2.45) is 0 Å². The minimum Gasteiger partial charge on any atom is -0.391 e. The molecule has 1 aromatic rings. The fraction of sp³-hybridized carbons (Fsp3) is 0.667. The first-order chi connectivity index (χ1) is 9.05. The van der Waals surface area contributed by atoms with Crippen LogP contribution in [0.2, 0.25) is 0 Å². The van der Waals surface area contributed by atoms with Gasteiger partial charge in [0.2, 0.25) is 10.0 Å². The van der Waals surface area contributed by atoms with Crippen molar-refractivity contribution in [3.05, 3.63) is 16.3 Å². The van der Waals surface area contributed by atoms with E-state index < -0.39 is 10.0 Å². The van der Waals surface area contributed by atoms with Crippen LogP contribution in [-0.2, 0) is 21.4 Å². The molecule has 0 bridgehead atoms. The SMILES string of the molecule is CN(CC1CCCCO1)S(=O)(=O)c1ccsc1CO. The summed E-state index contributed by atoms with van der Waals surface area (Å²) in [6.07, 6.45) is 3.01. The van der Waals surface area contributed by atoms with Crippen LogP contribution in [-0.4, -0.2) is 44.1 Å². The van der Waals surface area contributed by atoms with Crippen molar-refractivity contribution in [2.75, 3.05) is 20.2 Å². The van der Waals surface area contributed by atoms with Gasteiger partial charge in [0.05, 0.1) is 17.6 Å². The van der Waals surface area contributed by atoms with Crippen LogP contribution < -0.4 is 0 Å². The van der Waals surface area contributed by atoms with Crippen molar-refractivity contribution < 1.29 is 18.3 Å². The zero-order chi connectivity index (χ0) is 13.9. The lowest BCUT2D eigenvalue weighted by Gasteiger charge is -2.27. The molecule has 0 spiro atoms. The highest BCUT2D eigenvalue weighted by atomic mass is 32.2. The number of aliphatic hydroxyl groups excluding tert-OH is 1. The van der Waals surface area contributed by atoms with Gasteiger partial charge in [-0.2, -0.15) is 4.31 Å². The number of thiophene rings is 1. The minimum atomic E-state index is -3.53. The van der Waals surface area contributed by atoms with Crippen molar-refractivity contribution in [1.29, 1.82) is 0 Å². The van der Waals surface area contributed by atoms with Gasteiger partial charge in [0, 0.05) is 25.1 Å². The Morgan fingerprint density at radius 3 is 2.95 bits per heavy atom. The summed E-state index contributed by atoms with van der Waals surface area (Å²) in [6, 6.07) is 1.55. The molecule has 1 atom stereocenters. The molecule has 5 nitrogen and oxygen atoms in total. The van der Waals surface area contributed by atoms with Crippen LogP contribution in [0.3, 0.4) is 0 Å². The number of nitrogens with zero attached hydrogens (tertiary/aromatic N) is 1. The molecular formula is C12H19NO4S2. The number of likely N-dealkylation sites (N-methyl/N-ethyl adjacent to an activating group) is 1. The zero-order valence-electron chi connectivity index (χ0n) is 10.9. The number of ether oxygens (including phenoxy) is 1. The van der Waals surface area contributed by atoms with Gasteiger partial charge in [-0.05, 0) is 30.7 Å². The summed E-state index contributed by atoms with van der Waals surface area (Å²) in [4.78, 5) is 0.690. The van der Waals surface area contributed by atoms with Gasteiger partial charge in [-0.15, -0.1) is 11.3 Å². The van der Waals surface area contributed by atoms with E-state index in [0.29, 0.717) is 18.0 Å². The van der Waals surface area contributed by atoms with Gasteiger partial charge >= 0.3 is 0 Å². The maximum atomic E-state index is 12.4. The lowest BCUT2D eigenvalue weighted by Crippen LogP contribution is -2.37. The van der Waals surface area contributed by atoms with Gasteiger partial charge in [0.25, 0.3) is 0 Å². The van der Waals surface area contributed by atoms with Crippen LogP contribution in [0.4, 0.5) is 0 Å². The van der Waals surface area contributed by atoms with Crippen LogP contribution >= 0.6 is 11.3 Å². The van der Waals surface area contributed by atoms with E-state index in [9.17, 15) is 13.5 Å². The van der Waals surface area contributed by atoms with E-state index in [-0.39, 0.29) is 17.6 Å². The smallest absolute Gasteiger partial charge is 0.244 e. The molecule has 0 amide bonds. The Balaban J connectivity index is 2.10. The fourth-order valence-electron chi connectivity index (χ4n) is 2.18. The van der Waals surface area contributed by atoms with E-state index in [4.69, 9.17) is 4.74 Å². The van der Waals surface area contributed by atoms with Gasteiger partial charge in [0.1, 0.15) is 0 Å². The second kappa shape index (κ2) is 6.32. The predicted octanol–water partition coefficient (Wildman–Crippen LogP) is 1.43. The number of sulfonamides is 1. The number of hydrogen-bond donors (Lipinski definition) is 1. The van der Waals surface area contributed by atoms with Crippen LogP contribution in [0.15, 0.2) is 16.3 Å². The quantitative estimate of drug-likeness (QED) is 0.893. The summed E-state index contributed by atoms with van der Waals surface area (Å²) in [7, 11) is -1.97. The highest BCUT2D eigenvalue weighted by Crippen LogP contribution is 2.25. The molecular weight excluding hydrogens is 286 g/mol. The van der Waals surface area contributed by atoms with E-state index in [1.165, 1.54) is 15.6 Å². The Kier molecular flexibility index (Phi) is 4.97. The highest BCUT2D eigenvalue weighted by Gasteiger charge is 2.27. The summed E-state index contributed by atoms with van der Waals surface area (Å²) < 4.78 is 31.7. The summed E-state index contributed by atoms with van der Waals surface area (Å²) in [5, 5.41) is 10.9. The van der Waals surface area contributed by atoms with E-state index in [1.807, 2.05) is 0 Å². The van der Waals surface area contributed by atoms with E-state index >= 15 is 0 Å². The molecule has 1 aliphatic rings. The molecule has 1 saturated heterocycles. The number of hydrogen-bond acceptors (Lipinski definition) is 5. The molecule has 1 aliphatic heterocycles. The Morgan fingerprint density at radius 2 is 2.32 bits per heavy atom. The van der Waals surface area contributed by atoms with E-state index in [1.54, 1.807) is 18.5 Å². The van der Waals surface area contributed by atoms with Crippen LogP contribution in [0, 0.1) is 0 Å². The standard InChI is InChI=1S/C12H19NO4S2/c1-13(8-10-4-2-3-6-17-10)19(15,16)12-5-7-18-11(12)9-14/h5,7,10,14H,2-4,6,8-9H2,1H3. The molecule has 2 rings (SSSR count). The normalized spacial score (nSPS) is 20.9. The molecule has 108 valence electrons. The van der Waals surface area contributed by atoms with Gasteiger partial charge in [-0.1, -0.05) is 0 Å². The second-order valence-corrected chi connectivity index (χ2v) is 7.65. The predicted molar refractivity (Wildman–Crippen MR) is 73.6 cm³/mol. The Morgan fingerprint density at radius 1 is 1.53 bits per heavy atom. The maximum Gasteiger partial charge on any atom is 0.244 e. The molecule has 0 saturated carbocycles. The molecule has 1 unspecified atom stereocenters. The van der Waals surface area contributed by atoms with Gasteiger partial charge < -0.3 is 9.84 Å². The average molecular weight is 305 g/mol. The van der Waals surface area contributed by atoms with Crippen molar-refractivity contribution in [3.8, 4) is 0 Å². The molecule has 1 fully saturated rings. The minimum absolute atomic E-state index is 0.0234. The Hall–Kier alpha value is -0.470. The van der Waals surface area contributed by atoms with Gasteiger partial charge in [-0.3, -0.25) is 0 Å². The van der Waals surface area contributed by atoms with Crippen LogP contribution in [0.1, 0.15) is 24.1 Å². The first kappa shape index (κ1) is 14.9. The molecule has 7 heteroatoms. The molecule has 2 heterocycles. The van der Waals surface area contributed by atoms with Crippen molar-refractivity contribution in [3.63, 3.8) is 0 Å². The van der Waals surface area contributed by atoms with Crippen molar-refractivity contribution >= 4 is 21.4 Å². The third-order valence-corrected chi connectivity index (χ3v) is 6.21. The van der Waals surface area contributed by atoms with E-state index in [2.05, 4.69) is 0 Å². The summed E-state index contributed by atoms with van der Waals surface area (Å²) in [5.41, 5.74) is 0. The first-order valence-electron chi connectivity index (χ1n) is 6.31. The molecule has 19 heavy (non-hydrogen) atoms. The van der Waals surface area contributed by atoms with Crippen LogP contribution in [0.25, 0.3) is 0 Å². The maximum absolute atomic E-state index is 12.4. The van der Waals surface area contributed by atoms with Gasteiger partial charge in [-0.25, -0.2) is 8.42 Å². The van der Waals surface area contributed by atoms with Gasteiger partial charge in [0.15, 0.2) is 0 Å².